The van der Waals surface area contributed by atoms with E-state index in [0.29, 0.717) is 6.61 Å². The normalized spacial score (nSPS) is 11.9. The van der Waals surface area contributed by atoms with Crippen LogP contribution in [-0.4, -0.2) is 11.7 Å². The summed E-state index contributed by atoms with van der Waals surface area (Å²) in [5, 5.41) is 10.2. The number of aryl methyl sites for hydroxylation is 1. The third-order valence-corrected chi connectivity index (χ3v) is 2.77. The lowest BCUT2D eigenvalue weighted by molar-refractivity contribution is 0.160. The molecule has 0 amide bonds. The van der Waals surface area contributed by atoms with Crippen molar-refractivity contribution in [3.8, 4) is 5.75 Å². The molecule has 0 radical (unpaired) electrons. The molecule has 0 aliphatic rings. The first kappa shape index (κ1) is 14.5. The summed E-state index contributed by atoms with van der Waals surface area (Å²) >= 11 is 0. The second kappa shape index (κ2) is 7.72. The highest BCUT2D eigenvalue weighted by Gasteiger charge is 2.13. The van der Waals surface area contributed by atoms with Gasteiger partial charge in [0.05, 0.1) is 6.10 Å². The average Bonchev–Trinajstić information content (AvgIpc) is 2.37. The molecular weight excluding hydrogens is 224 g/mol. The molecule has 0 bridgehead atoms. The van der Waals surface area contributed by atoms with Crippen LogP contribution in [0.4, 0.5) is 0 Å². The van der Waals surface area contributed by atoms with E-state index in [0.717, 1.165) is 36.1 Å². The van der Waals surface area contributed by atoms with Crippen molar-refractivity contribution in [1.82, 2.24) is 0 Å². The molecular formula is C16H22O2. The van der Waals surface area contributed by atoms with Gasteiger partial charge in [0, 0.05) is 5.56 Å². The van der Waals surface area contributed by atoms with Crippen molar-refractivity contribution in [3.05, 3.63) is 54.6 Å². The first-order chi connectivity index (χ1) is 8.69. The lowest BCUT2D eigenvalue weighted by Crippen LogP contribution is -2.03. The van der Waals surface area contributed by atoms with Crippen molar-refractivity contribution in [1.29, 1.82) is 0 Å². The van der Waals surface area contributed by atoms with Gasteiger partial charge in [0.2, 0.25) is 0 Å². The third-order valence-electron chi connectivity index (χ3n) is 2.77. The van der Waals surface area contributed by atoms with Gasteiger partial charge < -0.3 is 9.84 Å². The summed E-state index contributed by atoms with van der Waals surface area (Å²) in [6.45, 7) is 9.78. The van der Waals surface area contributed by atoms with Crippen molar-refractivity contribution in [2.24, 2.45) is 0 Å². The molecule has 1 aromatic carbocycles. The van der Waals surface area contributed by atoms with Crippen LogP contribution in [-0.2, 0) is 0 Å². The number of aliphatic hydroxyl groups excluding tert-OH is 1. The monoisotopic (exact) mass is 246 g/mol. The Morgan fingerprint density at radius 1 is 1.33 bits per heavy atom. The summed E-state index contributed by atoms with van der Waals surface area (Å²) in [7, 11) is 0. The fourth-order valence-corrected chi connectivity index (χ4v) is 1.82. The predicted octanol–water partition coefficient (Wildman–Crippen LogP) is 3.95. The van der Waals surface area contributed by atoms with Crippen LogP contribution in [0.2, 0.25) is 0 Å². The Kier molecular flexibility index (Phi) is 6.23. The van der Waals surface area contributed by atoms with Crippen LogP contribution in [0.15, 0.2) is 43.5 Å². The molecule has 0 aromatic heterocycles. The van der Waals surface area contributed by atoms with Crippen molar-refractivity contribution < 1.29 is 9.84 Å². The molecule has 1 atom stereocenters. The topological polar surface area (TPSA) is 29.5 Å². The highest BCUT2D eigenvalue weighted by atomic mass is 16.5. The van der Waals surface area contributed by atoms with E-state index in [1.54, 1.807) is 6.08 Å². The molecule has 0 saturated carbocycles. The fourth-order valence-electron chi connectivity index (χ4n) is 1.82. The molecule has 2 nitrogen and oxygen atoms in total. The number of hydrogen-bond donors (Lipinski definition) is 1. The Labute approximate surface area is 110 Å². The zero-order chi connectivity index (χ0) is 13.4. The maximum Gasteiger partial charge on any atom is 0.125 e. The van der Waals surface area contributed by atoms with Crippen molar-refractivity contribution in [2.45, 2.75) is 32.3 Å². The van der Waals surface area contributed by atoms with Gasteiger partial charge in [-0.3, -0.25) is 0 Å². The number of allylic oxidation sites excluding steroid dienone is 1. The zero-order valence-corrected chi connectivity index (χ0v) is 11.1. The van der Waals surface area contributed by atoms with Crippen LogP contribution in [0.5, 0.6) is 5.75 Å². The van der Waals surface area contributed by atoms with E-state index in [1.807, 2.05) is 31.2 Å². The second-order valence-corrected chi connectivity index (χ2v) is 4.38. The van der Waals surface area contributed by atoms with Gasteiger partial charge in [0.25, 0.3) is 0 Å². The van der Waals surface area contributed by atoms with E-state index in [-0.39, 0.29) is 0 Å². The van der Waals surface area contributed by atoms with Crippen LogP contribution in [0.1, 0.15) is 36.5 Å². The van der Waals surface area contributed by atoms with Crippen molar-refractivity contribution >= 4 is 0 Å². The number of rotatable bonds is 8. The molecule has 1 N–H and O–H groups in total. The van der Waals surface area contributed by atoms with E-state index in [4.69, 9.17) is 4.74 Å². The Morgan fingerprint density at radius 2 is 2.11 bits per heavy atom. The quantitative estimate of drug-likeness (QED) is 0.556. The molecule has 98 valence electrons. The minimum Gasteiger partial charge on any atom is -0.489 e. The molecule has 0 spiro atoms. The number of aliphatic hydroxyl groups is 1. The number of ether oxygens (including phenoxy) is 1. The standard InChI is InChI=1S/C16H22O2/c1-4-6-7-8-15(17)14-12-13(3)9-10-16(14)18-11-5-2/h4-5,9-10,12,15,17H,1-2,6-8,11H2,3H3. The SMILES string of the molecule is C=CCCCC(O)c1cc(C)ccc1OCC=C. The van der Waals surface area contributed by atoms with Gasteiger partial charge >= 0.3 is 0 Å². The second-order valence-electron chi connectivity index (χ2n) is 4.38. The smallest absolute Gasteiger partial charge is 0.125 e. The van der Waals surface area contributed by atoms with E-state index in [9.17, 15) is 5.11 Å². The lowest BCUT2D eigenvalue weighted by Gasteiger charge is -2.16. The summed E-state index contributed by atoms with van der Waals surface area (Å²) in [5.41, 5.74) is 1.99. The summed E-state index contributed by atoms with van der Waals surface area (Å²) in [6, 6.07) is 5.88. The molecule has 0 saturated heterocycles. The van der Waals surface area contributed by atoms with Gasteiger partial charge in [-0.15, -0.1) is 6.58 Å². The maximum absolute atomic E-state index is 10.2. The van der Waals surface area contributed by atoms with Crippen LogP contribution in [0.3, 0.4) is 0 Å². The van der Waals surface area contributed by atoms with Crippen molar-refractivity contribution in [2.75, 3.05) is 6.61 Å². The average molecular weight is 246 g/mol. The minimum atomic E-state index is -0.482. The first-order valence-corrected chi connectivity index (χ1v) is 6.32. The predicted molar refractivity (Wildman–Crippen MR) is 75.9 cm³/mol. The Bertz CT molecular complexity index is 396. The summed E-state index contributed by atoms with van der Waals surface area (Å²) < 4.78 is 5.57. The van der Waals surface area contributed by atoms with Gasteiger partial charge in [0.1, 0.15) is 12.4 Å². The largest absolute Gasteiger partial charge is 0.489 e. The Hall–Kier alpha value is -1.54. The lowest BCUT2D eigenvalue weighted by atomic mass is 10.0. The van der Waals surface area contributed by atoms with E-state index in [1.165, 1.54) is 0 Å². The van der Waals surface area contributed by atoms with Gasteiger partial charge in [-0.1, -0.05) is 30.4 Å². The van der Waals surface area contributed by atoms with Crippen LogP contribution >= 0.6 is 0 Å². The summed E-state index contributed by atoms with van der Waals surface area (Å²) in [5.74, 6) is 0.742. The zero-order valence-electron chi connectivity index (χ0n) is 11.1. The highest BCUT2D eigenvalue weighted by molar-refractivity contribution is 5.38. The van der Waals surface area contributed by atoms with Crippen molar-refractivity contribution in [3.63, 3.8) is 0 Å². The molecule has 1 unspecified atom stereocenters. The number of benzene rings is 1. The minimum absolute atomic E-state index is 0.454. The van der Waals surface area contributed by atoms with Crippen LogP contribution < -0.4 is 4.74 Å². The molecule has 0 aliphatic carbocycles. The van der Waals surface area contributed by atoms with E-state index < -0.39 is 6.10 Å². The van der Waals surface area contributed by atoms with Crippen LogP contribution in [0, 0.1) is 6.92 Å². The van der Waals surface area contributed by atoms with Gasteiger partial charge in [-0.2, -0.15) is 0 Å². The molecule has 0 fully saturated rings. The molecule has 1 rings (SSSR count). The fraction of sp³-hybridized carbons (Fsp3) is 0.375. The molecule has 1 aromatic rings. The maximum atomic E-state index is 10.2. The van der Waals surface area contributed by atoms with E-state index >= 15 is 0 Å². The molecule has 18 heavy (non-hydrogen) atoms. The Balaban J connectivity index is 2.79. The Morgan fingerprint density at radius 3 is 2.78 bits per heavy atom. The van der Waals surface area contributed by atoms with Gasteiger partial charge in [-0.25, -0.2) is 0 Å². The molecule has 0 aliphatic heterocycles. The van der Waals surface area contributed by atoms with E-state index in [2.05, 4.69) is 13.2 Å². The number of hydrogen-bond acceptors (Lipinski definition) is 2. The van der Waals surface area contributed by atoms with Crippen LogP contribution in [0.25, 0.3) is 0 Å². The number of unbranched alkanes of at least 4 members (excludes halogenated alkanes) is 1. The van der Waals surface area contributed by atoms with Gasteiger partial charge in [0.15, 0.2) is 0 Å². The summed E-state index contributed by atoms with van der Waals surface area (Å²) in [6.07, 6.45) is 5.67. The molecule has 2 heteroatoms. The molecule has 0 heterocycles. The summed E-state index contributed by atoms with van der Waals surface area (Å²) in [4.78, 5) is 0. The first-order valence-electron chi connectivity index (χ1n) is 6.32. The highest BCUT2D eigenvalue weighted by Crippen LogP contribution is 2.29. The van der Waals surface area contributed by atoms with Gasteiger partial charge in [-0.05, 0) is 38.3 Å². The third kappa shape index (κ3) is 4.38.